The van der Waals surface area contributed by atoms with E-state index in [1.54, 1.807) is 40.8 Å². The number of piperazine rings is 1. The summed E-state index contributed by atoms with van der Waals surface area (Å²) in [6.07, 6.45) is -3.25. The zero-order valence-corrected chi connectivity index (χ0v) is 28.4. The zero-order valence-electron chi connectivity index (χ0n) is 26.8. The highest BCUT2D eigenvalue weighted by Crippen LogP contribution is 2.33. The Morgan fingerprint density at radius 2 is 1.63 bits per heavy atom. The highest BCUT2D eigenvalue weighted by Gasteiger charge is 2.31. The van der Waals surface area contributed by atoms with Gasteiger partial charge in [-0.15, -0.1) is 12.4 Å². The molecule has 0 bridgehead atoms. The van der Waals surface area contributed by atoms with Gasteiger partial charge < -0.3 is 24.3 Å². The van der Waals surface area contributed by atoms with Crippen LogP contribution in [0.4, 0.5) is 27.6 Å². The van der Waals surface area contributed by atoms with Crippen molar-refractivity contribution < 1.29 is 41.0 Å². The van der Waals surface area contributed by atoms with Crippen molar-refractivity contribution in [2.24, 2.45) is 7.05 Å². The van der Waals surface area contributed by atoms with E-state index in [2.05, 4.69) is 19.9 Å². The van der Waals surface area contributed by atoms with Crippen LogP contribution in [0, 0.1) is 0 Å². The average Bonchev–Trinajstić information content (AvgIpc) is 3.41. The molecule has 0 saturated carbocycles. The van der Waals surface area contributed by atoms with Gasteiger partial charge in [0.1, 0.15) is 17.2 Å². The van der Waals surface area contributed by atoms with Gasteiger partial charge in [-0.05, 0) is 60.2 Å². The summed E-state index contributed by atoms with van der Waals surface area (Å²) in [5.41, 5.74) is 1.43. The Morgan fingerprint density at radius 3 is 2.25 bits per heavy atom. The molecule has 5 aromatic rings. The molecule has 6 rings (SSSR count). The number of hydrogen-bond donors (Lipinski definition) is 1. The Labute approximate surface area is 299 Å². The maximum absolute atomic E-state index is 13.5. The third-order valence-corrected chi connectivity index (χ3v) is 8.52. The second-order valence-corrected chi connectivity index (χ2v) is 11.9. The minimum atomic E-state index is -4.58. The van der Waals surface area contributed by atoms with Crippen LogP contribution in [-0.4, -0.2) is 64.0 Å². The first-order chi connectivity index (χ1) is 23.8. The second-order valence-electron chi connectivity index (χ2n) is 11.5. The lowest BCUT2D eigenvalue weighted by atomic mass is 10.1. The van der Waals surface area contributed by atoms with Gasteiger partial charge in [0.25, 0.3) is 11.8 Å². The number of carbonyl (C=O) groups excluding carboxylic acids is 2. The fraction of sp³-hybridized carbons (Fsp3) is 0.229. The summed E-state index contributed by atoms with van der Waals surface area (Å²) in [5, 5.41) is 3.06. The van der Waals surface area contributed by atoms with Gasteiger partial charge in [-0.2, -0.15) is 22.0 Å². The largest absolute Gasteiger partial charge is 0.439 e. The molecule has 3 heterocycles. The van der Waals surface area contributed by atoms with Crippen molar-refractivity contribution in [1.29, 1.82) is 0 Å². The van der Waals surface area contributed by atoms with Crippen molar-refractivity contribution in [3.8, 4) is 17.4 Å². The number of anilines is 1. The van der Waals surface area contributed by atoms with E-state index in [0.717, 1.165) is 28.6 Å². The van der Waals surface area contributed by atoms with Gasteiger partial charge >= 0.3 is 12.8 Å². The van der Waals surface area contributed by atoms with E-state index in [-0.39, 0.29) is 46.2 Å². The van der Waals surface area contributed by atoms with E-state index < -0.39 is 24.3 Å². The van der Waals surface area contributed by atoms with Crippen LogP contribution in [0.25, 0.3) is 10.9 Å². The Morgan fingerprint density at radius 1 is 0.922 bits per heavy atom. The minimum absolute atomic E-state index is 0. The lowest BCUT2D eigenvalue weighted by Crippen LogP contribution is -2.48. The normalized spacial score (nSPS) is 13.6. The number of amides is 2. The third kappa shape index (κ3) is 8.88. The molecule has 0 aliphatic carbocycles. The number of aromatic nitrogens is 2. The molecule has 1 aliphatic heterocycles. The van der Waals surface area contributed by atoms with Gasteiger partial charge in [0.05, 0.1) is 33.6 Å². The second kappa shape index (κ2) is 15.5. The van der Waals surface area contributed by atoms with Crippen molar-refractivity contribution in [3.63, 3.8) is 0 Å². The van der Waals surface area contributed by atoms with Crippen molar-refractivity contribution in [1.82, 2.24) is 19.4 Å². The number of nitrogens with one attached hydrogen (secondary N) is 1. The summed E-state index contributed by atoms with van der Waals surface area (Å²) in [6.45, 7) is 0.118. The molecule has 1 N–H and O–H groups in total. The van der Waals surface area contributed by atoms with E-state index in [1.165, 1.54) is 30.5 Å². The summed E-state index contributed by atoms with van der Waals surface area (Å²) < 4.78 is 75.7. The van der Waals surface area contributed by atoms with Crippen LogP contribution in [0.1, 0.15) is 32.0 Å². The average molecular weight is 751 g/mol. The molecule has 1 aliphatic rings. The van der Waals surface area contributed by atoms with Gasteiger partial charge in [0.2, 0.25) is 5.88 Å². The number of pyridine rings is 1. The Kier molecular flexibility index (Phi) is 11.4. The van der Waals surface area contributed by atoms with Crippen LogP contribution in [-0.2, 0) is 19.8 Å². The van der Waals surface area contributed by atoms with Gasteiger partial charge in [-0.3, -0.25) is 14.5 Å². The number of carbonyl (C=O) groups is 2. The molecule has 2 aromatic heterocycles. The quantitative estimate of drug-likeness (QED) is 0.153. The number of ether oxygens (including phenoxy) is 2. The number of hydrogen-bond acceptors (Lipinski definition) is 6. The molecule has 3 aromatic carbocycles. The number of rotatable bonds is 9. The van der Waals surface area contributed by atoms with Crippen molar-refractivity contribution >= 4 is 52.4 Å². The first kappa shape index (κ1) is 37.3. The molecule has 1 saturated heterocycles. The molecule has 1 fully saturated rings. The molecule has 0 atom stereocenters. The van der Waals surface area contributed by atoms with Crippen LogP contribution in [0.15, 0.2) is 85.1 Å². The van der Waals surface area contributed by atoms with E-state index in [1.807, 2.05) is 12.1 Å². The number of benzene rings is 3. The fourth-order valence-corrected chi connectivity index (χ4v) is 5.86. The van der Waals surface area contributed by atoms with Gasteiger partial charge in [-0.1, -0.05) is 23.7 Å². The standard InChI is InChI=1S/C35H29ClF5N5O4.ClH/c1-44-29-18-26(49-31-11-6-24(19-42-31)43-32(47)27-10-5-23(17-28(27)36)35(39,40)41)9-4-22(29)16-30(44)33(48)46-14-12-45(13-15-46)20-21-2-7-25(8-3-21)50-34(37)38;/h2-11,16-19,34H,12-15,20H2,1H3,(H,43,47);1H. The van der Waals surface area contributed by atoms with Crippen LogP contribution in [0.5, 0.6) is 17.4 Å². The van der Waals surface area contributed by atoms with Gasteiger partial charge in [0, 0.05) is 57.3 Å². The van der Waals surface area contributed by atoms with Crippen LogP contribution < -0.4 is 14.8 Å². The maximum atomic E-state index is 13.5. The monoisotopic (exact) mass is 749 g/mol. The van der Waals surface area contributed by atoms with E-state index in [0.29, 0.717) is 50.2 Å². The number of nitrogens with zero attached hydrogens (tertiary/aromatic N) is 4. The lowest BCUT2D eigenvalue weighted by Gasteiger charge is -2.34. The molecular formula is C35H30Cl2F5N5O4. The van der Waals surface area contributed by atoms with Crippen molar-refractivity contribution in [2.75, 3.05) is 31.5 Å². The molecule has 2 amide bonds. The predicted molar refractivity (Wildman–Crippen MR) is 183 cm³/mol. The topological polar surface area (TPSA) is 88.9 Å². The first-order valence-corrected chi connectivity index (χ1v) is 15.7. The maximum Gasteiger partial charge on any atom is 0.416 e. The number of halogens is 7. The third-order valence-electron chi connectivity index (χ3n) is 8.21. The molecule has 51 heavy (non-hydrogen) atoms. The van der Waals surface area contributed by atoms with Crippen molar-refractivity contribution in [2.45, 2.75) is 19.3 Å². The number of aryl methyl sites for hydroxylation is 1. The van der Waals surface area contributed by atoms with E-state index in [4.69, 9.17) is 16.3 Å². The van der Waals surface area contributed by atoms with E-state index in [9.17, 15) is 31.5 Å². The Bertz CT molecular complexity index is 2020. The zero-order chi connectivity index (χ0) is 35.6. The summed E-state index contributed by atoms with van der Waals surface area (Å²) in [4.78, 5) is 34.3. The first-order valence-electron chi connectivity index (χ1n) is 15.3. The summed E-state index contributed by atoms with van der Waals surface area (Å²) in [7, 11) is 1.80. The summed E-state index contributed by atoms with van der Waals surface area (Å²) in [5.74, 6) is -0.0164. The number of fused-ring (bicyclic) bond motifs is 1. The Hall–Kier alpha value is -4.92. The van der Waals surface area contributed by atoms with Crippen LogP contribution in [0.3, 0.4) is 0 Å². The lowest BCUT2D eigenvalue weighted by molar-refractivity contribution is -0.137. The molecule has 0 spiro atoms. The highest BCUT2D eigenvalue weighted by molar-refractivity contribution is 6.34. The number of alkyl halides is 5. The molecule has 268 valence electrons. The van der Waals surface area contributed by atoms with Crippen LogP contribution >= 0.6 is 24.0 Å². The van der Waals surface area contributed by atoms with Crippen LogP contribution in [0.2, 0.25) is 5.02 Å². The molecule has 0 radical (unpaired) electrons. The Balaban J connectivity index is 0.00000504. The minimum Gasteiger partial charge on any atom is -0.439 e. The molecule has 9 nitrogen and oxygen atoms in total. The SMILES string of the molecule is Cl.Cn1c(C(=O)N2CCN(Cc3ccc(OC(F)F)cc3)CC2)cc2ccc(Oc3ccc(NC(=O)c4ccc(C(F)(F)F)cc4Cl)cn3)cc21. The summed E-state index contributed by atoms with van der Waals surface area (Å²) in [6, 6.07) is 19.2. The van der Waals surface area contributed by atoms with Gasteiger partial charge in [-0.25, -0.2) is 4.98 Å². The molecular weight excluding hydrogens is 720 g/mol. The predicted octanol–water partition coefficient (Wildman–Crippen LogP) is 8.27. The molecule has 0 unspecified atom stereocenters. The summed E-state index contributed by atoms with van der Waals surface area (Å²) >= 11 is 5.93. The van der Waals surface area contributed by atoms with E-state index >= 15 is 0 Å². The fourth-order valence-electron chi connectivity index (χ4n) is 5.59. The van der Waals surface area contributed by atoms with Crippen molar-refractivity contribution in [3.05, 3.63) is 112 Å². The smallest absolute Gasteiger partial charge is 0.416 e. The van der Waals surface area contributed by atoms with Gasteiger partial charge in [0.15, 0.2) is 0 Å². The highest BCUT2D eigenvalue weighted by atomic mass is 35.5. The molecule has 16 heteroatoms.